The monoisotopic (exact) mass is 1030 g/mol. The largest absolute Gasteiger partial charge is 0.504 e. The maximum Gasteiger partial charge on any atom is 0.0335 e. The van der Waals surface area contributed by atoms with Crippen LogP contribution in [-0.4, -0.2) is 44.1 Å². The molecule has 0 unspecified atom stereocenters. The fourth-order valence-electron chi connectivity index (χ4n) is 5.15. The summed E-state index contributed by atoms with van der Waals surface area (Å²) in [5, 5.41) is 14.6. The van der Waals surface area contributed by atoms with Crippen molar-refractivity contribution in [1.29, 1.82) is 0 Å². The van der Waals surface area contributed by atoms with Crippen LogP contribution in [0, 0.1) is 53.2 Å². The van der Waals surface area contributed by atoms with E-state index in [9.17, 15) is 0 Å². The summed E-state index contributed by atoms with van der Waals surface area (Å²) in [7, 11) is 4.15. The fourth-order valence-corrected chi connectivity index (χ4v) is 5.15. The second-order valence-electron chi connectivity index (χ2n) is 11.1. The zero-order chi connectivity index (χ0) is 33.9. The normalized spacial score (nSPS) is 15.1. The van der Waals surface area contributed by atoms with E-state index in [1.165, 1.54) is 28.5 Å². The summed E-state index contributed by atoms with van der Waals surface area (Å²) in [5.74, 6) is 2.99. The molecule has 2 aromatic heterocycles. The van der Waals surface area contributed by atoms with Crippen LogP contribution in [0.15, 0.2) is 114 Å². The van der Waals surface area contributed by atoms with Crippen molar-refractivity contribution in [3.8, 4) is 0 Å². The summed E-state index contributed by atoms with van der Waals surface area (Å²) < 4.78 is 0. The number of nitrogens with zero attached hydrogens (tertiary/aromatic N) is 10. The Hall–Kier alpha value is -4.26. The van der Waals surface area contributed by atoms with E-state index in [0.717, 1.165) is 41.8 Å². The molecule has 0 amide bonds. The molecule has 50 heavy (non-hydrogen) atoms. The van der Waals surface area contributed by atoms with Crippen LogP contribution in [0.4, 0.5) is 17.1 Å². The Bertz CT molecular complexity index is 1760. The first-order chi connectivity index (χ1) is 23.3. The Morgan fingerprint density at radius 3 is 1.92 bits per heavy atom. The van der Waals surface area contributed by atoms with Gasteiger partial charge in [-0.3, -0.25) is 16.3 Å². The third-order valence-electron chi connectivity index (χ3n) is 7.31. The molecule has 8 rings (SSSR count). The number of likely N-dealkylation sites (N-methyl/N-ethyl adjacent to an activating group) is 1. The van der Waals surface area contributed by atoms with Gasteiger partial charge in [0.2, 0.25) is 0 Å². The van der Waals surface area contributed by atoms with Crippen molar-refractivity contribution in [3.05, 3.63) is 163 Å². The Labute approximate surface area is 325 Å². The van der Waals surface area contributed by atoms with Crippen LogP contribution < -0.4 is 20.0 Å². The Morgan fingerprint density at radius 2 is 1.34 bits per heavy atom. The van der Waals surface area contributed by atoms with Crippen LogP contribution in [0.25, 0.3) is 0 Å². The van der Waals surface area contributed by atoms with E-state index in [-0.39, 0.29) is 42.1 Å². The molecule has 0 saturated heterocycles. The average Bonchev–Trinajstić information content (AvgIpc) is 3.71. The molecule has 0 saturated carbocycles. The van der Waals surface area contributed by atoms with Crippen LogP contribution >= 0.6 is 0 Å². The standard InChI is InChI=1S/C16H16N2.C14H12N2.2C4H6N3.2Pt/c1-17-13-18(14-9-5-2-3-6-10-14)16-12-8-4-7-11-15(16)17;1-15-11-16(12-7-3-2-4-8-12)14-10-6-5-9-13(14)15;2*1-3-5-4(2)7-6-3;;/h2-3,5,7-9,11-13H,4,10H2,1H3;2-7,9-11H,1H3;2*1-2H3;;/q2*-2;2*-1;;. The van der Waals surface area contributed by atoms with E-state index < -0.39 is 0 Å². The number of benzene rings is 2. The van der Waals surface area contributed by atoms with Gasteiger partial charge >= 0.3 is 0 Å². The first-order valence-electron chi connectivity index (χ1n) is 15.7. The van der Waals surface area contributed by atoms with Gasteiger partial charge in [0.1, 0.15) is 0 Å². The molecular formula is C38H40N10Pt2-6. The zero-order valence-corrected chi connectivity index (χ0v) is 33.5. The SMILES string of the molecule is CN1[CH-]N(C2=CC=CC=[C-]C2)C2=C1C=CCC=C2.CN1[CH-]N(c2[c-]cccc2)c2ccccc21.Cc1n[n-]c(C)n1.Cc1n[n-]c(C)n1.[Pt].[Pt]. The zero-order valence-electron chi connectivity index (χ0n) is 28.9. The van der Waals surface area contributed by atoms with E-state index in [1.54, 1.807) is 0 Å². The molecule has 2 aliphatic heterocycles. The number of para-hydroxylation sites is 3. The van der Waals surface area contributed by atoms with E-state index in [1.807, 2.05) is 58.0 Å². The van der Waals surface area contributed by atoms with E-state index in [4.69, 9.17) is 0 Å². The first-order valence-corrected chi connectivity index (χ1v) is 15.7. The second kappa shape index (κ2) is 19.8. The number of aryl methyl sites for hydroxylation is 4. The third kappa shape index (κ3) is 10.9. The van der Waals surface area contributed by atoms with Gasteiger partial charge in [-0.2, -0.15) is 43.7 Å². The number of fused-ring (bicyclic) bond motifs is 1. The molecule has 268 valence electrons. The molecule has 0 radical (unpaired) electrons. The number of hydrogen-bond donors (Lipinski definition) is 0. The van der Waals surface area contributed by atoms with Gasteiger partial charge in [0.25, 0.3) is 0 Å². The molecule has 4 aliphatic rings. The van der Waals surface area contributed by atoms with Gasteiger partial charge in [-0.15, -0.1) is 11.8 Å². The van der Waals surface area contributed by atoms with Gasteiger partial charge < -0.3 is 39.8 Å². The molecule has 4 aromatic rings. The van der Waals surface area contributed by atoms with Crippen molar-refractivity contribution >= 4 is 17.1 Å². The summed E-state index contributed by atoms with van der Waals surface area (Å²) in [6.07, 6.45) is 22.1. The van der Waals surface area contributed by atoms with Crippen molar-refractivity contribution in [2.45, 2.75) is 40.5 Å². The molecule has 0 atom stereocenters. The fraction of sp³-hybridized carbons (Fsp3) is 0.211. The predicted molar refractivity (Wildman–Crippen MR) is 190 cm³/mol. The number of rotatable bonds is 2. The average molecular weight is 1030 g/mol. The first kappa shape index (κ1) is 40.2. The van der Waals surface area contributed by atoms with Crippen LogP contribution in [-0.2, 0) is 42.1 Å². The number of hydrogen-bond acceptors (Lipinski definition) is 8. The van der Waals surface area contributed by atoms with Crippen molar-refractivity contribution < 1.29 is 42.1 Å². The molecule has 12 heteroatoms. The smallest absolute Gasteiger partial charge is 0.0335 e. The van der Waals surface area contributed by atoms with Crippen molar-refractivity contribution in [2.24, 2.45) is 0 Å². The van der Waals surface area contributed by atoms with Crippen LogP contribution in [0.3, 0.4) is 0 Å². The van der Waals surface area contributed by atoms with Gasteiger partial charge in [0.15, 0.2) is 0 Å². The van der Waals surface area contributed by atoms with Gasteiger partial charge in [0, 0.05) is 76.5 Å². The van der Waals surface area contributed by atoms with Crippen LogP contribution in [0.2, 0.25) is 0 Å². The van der Waals surface area contributed by atoms with Crippen LogP contribution in [0.5, 0.6) is 0 Å². The molecule has 4 heterocycles. The Morgan fingerprint density at radius 1 is 0.720 bits per heavy atom. The molecular weight excluding hydrogens is 987 g/mol. The van der Waals surface area contributed by atoms with Gasteiger partial charge in [-0.25, -0.2) is 12.2 Å². The predicted octanol–water partition coefficient (Wildman–Crippen LogP) is 6.57. The minimum Gasteiger partial charge on any atom is -0.504 e. The van der Waals surface area contributed by atoms with E-state index in [0.29, 0.717) is 0 Å². The molecule has 10 nitrogen and oxygen atoms in total. The Balaban J connectivity index is 0.000000192. The van der Waals surface area contributed by atoms with Gasteiger partial charge in [0.05, 0.1) is 0 Å². The number of allylic oxidation sites excluding steroid dienone is 9. The summed E-state index contributed by atoms with van der Waals surface area (Å²) in [4.78, 5) is 16.5. The third-order valence-corrected chi connectivity index (χ3v) is 7.31. The molecule has 0 N–H and O–H groups in total. The van der Waals surface area contributed by atoms with E-state index in [2.05, 4.69) is 156 Å². The molecule has 0 spiro atoms. The topological polar surface area (TPSA) is 92.7 Å². The maximum absolute atomic E-state index is 3.89. The summed E-state index contributed by atoms with van der Waals surface area (Å²) in [6, 6.07) is 19.6. The maximum atomic E-state index is 3.89. The molecule has 0 fully saturated rings. The van der Waals surface area contributed by atoms with Gasteiger partial charge in [-0.1, -0.05) is 48.4 Å². The number of aromatic nitrogens is 6. The summed E-state index contributed by atoms with van der Waals surface area (Å²) in [6.45, 7) is 11.5. The number of anilines is 3. The molecule has 0 bridgehead atoms. The molecule has 2 aliphatic carbocycles. The van der Waals surface area contributed by atoms with Crippen molar-refractivity contribution in [3.63, 3.8) is 0 Å². The minimum absolute atomic E-state index is 0. The quantitative estimate of drug-likeness (QED) is 0.206. The minimum atomic E-state index is 0. The summed E-state index contributed by atoms with van der Waals surface area (Å²) >= 11 is 0. The van der Waals surface area contributed by atoms with Gasteiger partial charge in [-0.05, 0) is 78.2 Å². The molecule has 2 aromatic carbocycles. The van der Waals surface area contributed by atoms with Crippen molar-refractivity contribution in [2.75, 3.05) is 23.9 Å². The summed E-state index contributed by atoms with van der Waals surface area (Å²) in [5.41, 5.74) is 7.24. The Kier molecular flexibility index (Phi) is 15.9. The van der Waals surface area contributed by atoms with Crippen LogP contribution in [0.1, 0.15) is 36.1 Å². The van der Waals surface area contributed by atoms with E-state index >= 15 is 0 Å². The van der Waals surface area contributed by atoms with Crippen molar-refractivity contribution in [1.82, 2.24) is 40.2 Å². The second-order valence-corrected chi connectivity index (χ2v) is 11.1.